The van der Waals surface area contributed by atoms with E-state index in [0.717, 1.165) is 13.0 Å². The van der Waals surface area contributed by atoms with E-state index in [1.807, 2.05) is 32.0 Å². The highest BCUT2D eigenvalue weighted by molar-refractivity contribution is 5.85. The molecule has 1 saturated heterocycles. The first kappa shape index (κ1) is 20.9. The summed E-state index contributed by atoms with van der Waals surface area (Å²) in [6.45, 7) is 6.24. The number of amides is 1. The van der Waals surface area contributed by atoms with Crippen molar-refractivity contribution in [1.29, 1.82) is 0 Å². The third-order valence-corrected chi connectivity index (χ3v) is 4.31. The molecule has 3 atom stereocenters. The molecule has 1 aliphatic heterocycles. The average Bonchev–Trinajstić information content (AvgIpc) is 2.85. The Labute approximate surface area is 151 Å². The van der Waals surface area contributed by atoms with Gasteiger partial charge >= 0.3 is 0 Å². The Morgan fingerprint density at radius 3 is 2.62 bits per heavy atom. The number of halogens is 1. The van der Waals surface area contributed by atoms with E-state index in [9.17, 15) is 9.90 Å². The van der Waals surface area contributed by atoms with Crippen LogP contribution in [-0.2, 0) is 11.2 Å². The van der Waals surface area contributed by atoms with Gasteiger partial charge in [0.05, 0.1) is 18.2 Å². The summed E-state index contributed by atoms with van der Waals surface area (Å²) in [5, 5.41) is 13.1. The minimum Gasteiger partial charge on any atom is -0.390 e. The normalized spacial score (nSPS) is 22.2. The van der Waals surface area contributed by atoms with Crippen LogP contribution in [0.5, 0.6) is 0 Å². The topological polar surface area (TPSA) is 78.6 Å². The molecule has 5 nitrogen and oxygen atoms in total. The second-order valence-electron chi connectivity index (χ2n) is 6.91. The fraction of sp³-hybridized carbons (Fsp3) is 0.611. The van der Waals surface area contributed by atoms with E-state index in [-0.39, 0.29) is 24.4 Å². The van der Waals surface area contributed by atoms with Gasteiger partial charge in [-0.25, -0.2) is 0 Å². The number of nitrogens with zero attached hydrogens (tertiary/aromatic N) is 1. The lowest BCUT2D eigenvalue weighted by Gasteiger charge is -2.20. The first-order valence-corrected chi connectivity index (χ1v) is 8.46. The molecule has 0 aromatic heterocycles. The number of nitrogens with two attached hydrogens (primary N) is 1. The smallest absolute Gasteiger partial charge is 0.237 e. The fourth-order valence-electron chi connectivity index (χ4n) is 3.03. The number of carbonyl (C=O) groups excluding carboxylic acids is 1. The minimum absolute atomic E-state index is 0. The first-order valence-electron chi connectivity index (χ1n) is 8.46. The lowest BCUT2D eigenvalue weighted by Crippen LogP contribution is -2.50. The maximum atomic E-state index is 12.1. The van der Waals surface area contributed by atoms with E-state index in [0.29, 0.717) is 25.4 Å². The summed E-state index contributed by atoms with van der Waals surface area (Å²) in [5.74, 6) is 0.222. The number of nitrogens with one attached hydrogen (secondary N) is 1. The van der Waals surface area contributed by atoms with E-state index in [2.05, 4.69) is 22.3 Å². The number of aliphatic hydroxyl groups is 1. The lowest BCUT2D eigenvalue weighted by molar-refractivity contribution is -0.123. The molecule has 2 unspecified atom stereocenters. The van der Waals surface area contributed by atoms with Gasteiger partial charge in [0.1, 0.15) is 0 Å². The van der Waals surface area contributed by atoms with Crippen LogP contribution in [0.3, 0.4) is 0 Å². The minimum atomic E-state index is -0.527. The Morgan fingerprint density at radius 1 is 1.33 bits per heavy atom. The molecule has 1 aliphatic rings. The number of rotatable bonds is 7. The van der Waals surface area contributed by atoms with Crippen LogP contribution < -0.4 is 11.1 Å². The van der Waals surface area contributed by atoms with Crippen LogP contribution in [0.2, 0.25) is 0 Å². The van der Waals surface area contributed by atoms with Crippen molar-refractivity contribution < 1.29 is 9.90 Å². The second-order valence-corrected chi connectivity index (χ2v) is 6.91. The van der Waals surface area contributed by atoms with E-state index in [1.54, 1.807) is 0 Å². The highest BCUT2D eigenvalue weighted by atomic mass is 35.5. The number of hydrogen-bond acceptors (Lipinski definition) is 4. The van der Waals surface area contributed by atoms with Crippen LogP contribution in [0.25, 0.3) is 0 Å². The van der Waals surface area contributed by atoms with Crippen molar-refractivity contribution in [1.82, 2.24) is 10.2 Å². The molecule has 4 N–H and O–H groups in total. The van der Waals surface area contributed by atoms with Gasteiger partial charge in [-0.3, -0.25) is 9.69 Å². The average molecular weight is 356 g/mol. The van der Waals surface area contributed by atoms with Crippen LogP contribution >= 0.6 is 12.4 Å². The van der Waals surface area contributed by atoms with Gasteiger partial charge in [0.15, 0.2) is 0 Å². The molecule has 0 aliphatic carbocycles. The van der Waals surface area contributed by atoms with Crippen molar-refractivity contribution >= 4 is 18.3 Å². The molecular weight excluding hydrogens is 326 g/mol. The summed E-state index contributed by atoms with van der Waals surface area (Å²) < 4.78 is 0. The second kappa shape index (κ2) is 9.99. The highest BCUT2D eigenvalue weighted by Gasteiger charge is 2.33. The summed E-state index contributed by atoms with van der Waals surface area (Å²) in [6, 6.07) is 9.57. The fourth-order valence-corrected chi connectivity index (χ4v) is 3.03. The van der Waals surface area contributed by atoms with E-state index >= 15 is 0 Å². The predicted molar refractivity (Wildman–Crippen MR) is 99.2 cm³/mol. The van der Waals surface area contributed by atoms with Crippen molar-refractivity contribution in [3.63, 3.8) is 0 Å². The Bertz CT molecular complexity index is 498. The molecule has 6 heteroatoms. The van der Waals surface area contributed by atoms with Gasteiger partial charge in [-0.15, -0.1) is 12.4 Å². The Morgan fingerprint density at radius 2 is 2.00 bits per heavy atom. The molecule has 0 saturated carbocycles. The largest absolute Gasteiger partial charge is 0.390 e. The van der Waals surface area contributed by atoms with Gasteiger partial charge in [-0.2, -0.15) is 0 Å². The van der Waals surface area contributed by atoms with E-state index in [1.165, 1.54) is 5.56 Å². The first-order chi connectivity index (χ1) is 11.0. The summed E-state index contributed by atoms with van der Waals surface area (Å²) in [7, 11) is 0. The van der Waals surface area contributed by atoms with E-state index < -0.39 is 12.1 Å². The molecule has 24 heavy (non-hydrogen) atoms. The van der Waals surface area contributed by atoms with Gasteiger partial charge in [0.2, 0.25) is 5.91 Å². The molecule has 1 fully saturated rings. The number of hydrogen-bond donors (Lipinski definition) is 3. The molecule has 0 bridgehead atoms. The zero-order valence-corrected chi connectivity index (χ0v) is 15.3. The van der Waals surface area contributed by atoms with Gasteiger partial charge in [-0.05, 0) is 24.3 Å². The summed E-state index contributed by atoms with van der Waals surface area (Å²) in [6.07, 6.45) is 1.08. The van der Waals surface area contributed by atoms with Crippen molar-refractivity contribution in [3.05, 3.63) is 35.9 Å². The number of aliphatic hydroxyl groups excluding tert-OH is 1. The zero-order chi connectivity index (χ0) is 16.8. The Balaban J connectivity index is 0.00000288. The van der Waals surface area contributed by atoms with Crippen molar-refractivity contribution in [2.45, 2.75) is 44.9 Å². The van der Waals surface area contributed by atoms with Crippen LogP contribution in [0.15, 0.2) is 30.3 Å². The molecule has 1 aromatic carbocycles. The zero-order valence-electron chi connectivity index (χ0n) is 14.5. The van der Waals surface area contributed by atoms with Crippen LogP contribution in [0.4, 0.5) is 0 Å². The predicted octanol–water partition coefficient (Wildman–Crippen LogP) is 1.19. The number of carbonyl (C=O) groups is 1. The number of β-amino-alcohol motifs (C(OH)–C–C–N with tert-alkyl or cyclic N) is 1. The Kier molecular flexibility index (Phi) is 8.70. The van der Waals surface area contributed by atoms with Crippen molar-refractivity contribution in [2.24, 2.45) is 11.7 Å². The summed E-state index contributed by atoms with van der Waals surface area (Å²) in [5.41, 5.74) is 7.19. The SMILES string of the molecule is CC(C)C[C@H](N)C(=O)NC1CN(CCc2ccccc2)CC1O.Cl. The molecule has 2 rings (SSSR count). The van der Waals surface area contributed by atoms with Crippen molar-refractivity contribution in [3.8, 4) is 0 Å². The standard InChI is InChI=1S/C18H29N3O2.ClH/c1-13(2)10-15(19)18(23)20-16-11-21(12-17(16)22)9-8-14-6-4-3-5-7-14;/h3-7,13,15-17,22H,8-12,19H2,1-2H3,(H,20,23);1H/t15-,16?,17?;/m0./s1. The van der Waals surface area contributed by atoms with Gasteiger partial charge in [0, 0.05) is 19.6 Å². The van der Waals surface area contributed by atoms with Gasteiger partial charge in [-0.1, -0.05) is 44.2 Å². The number of likely N-dealkylation sites (tertiary alicyclic amines) is 1. The summed E-state index contributed by atoms with van der Waals surface area (Å²) in [4.78, 5) is 14.3. The third kappa shape index (κ3) is 6.40. The summed E-state index contributed by atoms with van der Waals surface area (Å²) >= 11 is 0. The van der Waals surface area contributed by atoms with E-state index in [4.69, 9.17) is 5.73 Å². The van der Waals surface area contributed by atoms with Gasteiger partial charge < -0.3 is 16.2 Å². The molecule has 136 valence electrons. The van der Waals surface area contributed by atoms with Crippen LogP contribution in [-0.4, -0.2) is 53.7 Å². The monoisotopic (exact) mass is 355 g/mol. The molecular formula is C18H30ClN3O2. The number of benzene rings is 1. The maximum Gasteiger partial charge on any atom is 0.237 e. The third-order valence-electron chi connectivity index (χ3n) is 4.31. The molecule has 1 aromatic rings. The molecule has 1 heterocycles. The highest BCUT2D eigenvalue weighted by Crippen LogP contribution is 2.12. The lowest BCUT2D eigenvalue weighted by atomic mass is 10.0. The molecule has 0 radical (unpaired) electrons. The van der Waals surface area contributed by atoms with Gasteiger partial charge in [0.25, 0.3) is 0 Å². The Hall–Kier alpha value is -1.14. The van der Waals surface area contributed by atoms with Crippen molar-refractivity contribution in [2.75, 3.05) is 19.6 Å². The molecule has 1 amide bonds. The van der Waals surface area contributed by atoms with Crippen LogP contribution in [0, 0.1) is 5.92 Å². The van der Waals surface area contributed by atoms with Crippen LogP contribution in [0.1, 0.15) is 25.8 Å². The maximum absolute atomic E-state index is 12.1. The quantitative estimate of drug-likeness (QED) is 0.686. The molecule has 0 spiro atoms.